The lowest BCUT2D eigenvalue weighted by atomic mass is 9.66. The van der Waals surface area contributed by atoms with Crippen LogP contribution in [0.2, 0.25) is 0 Å². The van der Waals surface area contributed by atoms with E-state index >= 15 is 0 Å². The van der Waals surface area contributed by atoms with E-state index in [1.807, 2.05) is 0 Å². The molecule has 18 heteroatoms. The van der Waals surface area contributed by atoms with Gasteiger partial charge < -0.3 is 89.0 Å². The summed E-state index contributed by atoms with van der Waals surface area (Å²) in [6.45, 7) is -1.98. The first-order valence-corrected chi connectivity index (χ1v) is 16.6. The zero-order valence-electron chi connectivity index (χ0n) is 29.0. The molecule has 3 aliphatic rings. The van der Waals surface area contributed by atoms with Gasteiger partial charge in [0.25, 0.3) is 0 Å². The van der Waals surface area contributed by atoms with Crippen molar-refractivity contribution in [3.05, 3.63) is 34.9 Å². The highest BCUT2D eigenvalue weighted by Crippen LogP contribution is 2.55. The molecule has 2 heterocycles. The van der Waals surface area contributed by atoms with Crippen LogP contribution in [-0.4, -0.2) is 167 Å². The van der Waals surface area contributed by atoms with Crippen LogP contribution in [-0.2, 0) is 20.6 Å². The van der Waals surface area contributed by atoms with E-state index < -0.39 is 92.4 Å². The number of phenolic OH excluding ortho intramolecular Hbond substituents is 1. The van der Waals surface area contributed by atoms with Gasteiger partial charge in [0.2, 0.25) is 17.8 Å². The molecule has 2 fully saturated rings. The number of rotatable bonds is 13. The van der Waals surface area contributed by atoms with Crippen LogP contribution in [0.25, 0.3) is 0 Å². The standard InChI is InChI=1S/C34H48O18/c1-45-17-6-14(7-18(46-2)24(17)38)22-16(12-49-33-29(43)27(41)25(39)20(10-36)50-33)15(9-35)5-13-8-19(47-3)31(32(48-4)23(13)22)52-34-30(44)28(42)26(40)21(11-37)51-34/h6-8,15-16,20-22,25-30,33-44H,5,9-12H2,1-4H3/t15-,16-,20+,21+,22-,25+,26+,27-,28-,29+,30+,33?,34?/m0/s1. The van der Waals surface area contributed by atoms with Gasteiger partial charge in [0, 0.05) is 18.1 Å². The highest BCUT2D eigenvalue weighted by Gasteiger charge is 2.48. The maximum absolute atomic E-state index is 10.8. The van der Waals surface area contributed by atoms with Crippen molar-refractivity contribution in [3.8, 4) is 34.5 Å². The van der Waals surface area contributed by atoms with Gasteiger partial charge in [-0.15, -0.1) is 0 Å². The molecule has 13 atom stereocenters. The lowest BCUT2D eigenvalue weighted by Crippen LogP contribution is -2.60. The van der Waals surface area contributed by atoms with Gasteiger partial charge in [0.1, 0.15) is 48.8 Å². The molecule has 0 radical (unpaired) electrons. The smallest absolute Gasteiger partial charge is 0.229 e. The molecule has 2 unspecified atom stereocenters. The second-order valence-electron chi connectivity index (χ2n) is 12.9. The number of phenols is 1. The fraction of sp³-hybridized carbons (Fsp3) is 0.647. The lowest BCUT2D eigenvalue weighted by molar-refractivity contribution is -0.304. The number of methoxy groups -OCH3 is 4. The predicted octanol–water partition coefficient (Wildman–Crippen LogP) is -2.67. The summed E-state index contributed by atoms with van der Waals surface area (Å²) in [5.74, 6) is -2.20. The minimum absolute atomic E-state index is 0.0425. The van der Waals surface area contributed by atoms with Gasteiger partial charge in [-0.2, -0.15) is 0 Å². The van der Waals surface area contributed by atoms with Crippen molar-refractivity contribution < 1.29 is 89.0 Å². The van der Waals surface area contributed by atoms with E-state index in [0.717, 1.165) is 0 Å². The number of aliphatic hydroxyl groups excluding tert-OH is 9. The summed E-state index contributed by atoms with van der Waals surface area (Å²) in [6.07, 6.45) is -15.6. The highest BCUT2D eigenvalue weighted by atomic mass is 16.7. The summed E-state index contributed by atoms with van der Waals surface area (Å²) in [4.78, 5) is 0. The van der Waals surface area contributed by atoms with Crippen LogP contribution in [0.3, 0.4) is 0 Å². The van der Waals surface area contributed by atoms with Crippen LogP contribution < -0.4 is 23.7 Å². The van der Waals surface area contributed by atoms with Crippen LogP contribution in [0.5, 0.6) is 34.5 Å². The molecular formula is C34H48O18. The zero-order chi connectivity index (χ0) is 38.0. The van der Waals surface area contributed by atoms with E-state index in [1.54, 1.807) is 18.2 Å². The summed E-state index contributed by atoms with van der Waals surface area (Å²) in [5, 5.41) is 104. The first-order valence-electron chi connectivity index (χ1n) is 16.6. The Labute approximate surface area is 298 Å². The molecule has 52 heavy (non-hydrogen) atoms. The molecule has 0 bridgehead atoms. The van der Waals surface area contributed by atoms with Crippen LogP contribution in [0, 0.1) is 11.8 Å². The number of fused-ring (bicyclic) bond motifs is 1. The third-order valence-corrected chi connectivity index (χ3v) is 10.1. The maximum Gasteiger partial charge on any atom is 0.229 e. The van der Waals surface area contributed by atoms with Gasteiger partial charge in [-0.05, 0) is 47.6 Å². The van der Waals surface area contributed by atoms with Crippen molar-refractivity contribution in [1.82, 2.24) is 0 Å². The fourth-order valence-corrected chi connectivity index (χ4v) is 7.21. The largest absolute Gasteiger partial charge is 0.502 e. The Balaban J connectivity index is 1.66. The fourth-order valence-electron chi connectivity index (χ4n) is 7.21. The topological polar surface area (TPSA) is 276 Å². The summed E-state index contributed by atoms with van der Waals surface area (Å²) in [7, 11) is 5.40. The van der Waals surface area contributed by atoms with Gasteiger partial charge in [-0.1, -0.05) is 0 Å². The molecule has 2 aromatic rings. The normalized spacial score (nSPS) is 34.7. The van der Waals surface area contributed by atoms with Crippen molar-refractivity contribution in [3.63, 3.8) is 0 Å². The summed E-state index contributed by atoms with van der Waals surface area (Å²) < 4.78 is 45.9. The van der Waals surface area contributed by atoms with E-state index in [-0.39, 0.29) is 54.1 Å². The Hall–Kier alpha value is -3.24. The van der Waals surface area contributed by atoms with E-state index in [1.165, 1.54) is 28.4 Å². The third kappa shape index (κ3) is 7.31. The molecule has 2 aromatic carbocycles. The Kier molecular flexibility index (Phi) is 12.9. The van der Waals surface area contributed by atoms with Crippen molar-refractivity contribution in [2.24, 2.45) is 11.8 Å². The Bertz CT molecular complexity index is 1480. The second kappa shape index (κ2) is 16.8. The molecule has 0 amide bonds. The molecule has 292 valence electrons. The molecule has 2 aliphatic heterocycles. The van der Waals surface area contributed by atoms with Gasteiger partial charge in [0.15, 0.2) is 29.3 Å². The van der Waals surface area contributed by atoms with Crippen molar-refractivity contribution in [2.45, 2.75) is 73.8 Å². The highest BCUT2D eigenvalue weighted by molar-refractivity contribution is 5.64. The first kappa shape index (κ1) is 40.0. The molecule has 0 spiro atoms. The number of aromatic hydroxyl groups is 1. The minimum atomic E-state index is -1.77. The van der Waals surface area contributed by atoms with E-state index in [4.69, 9.17) is 37.9 Å². The van der Waals surface area contributed by atoms with E-state index in [2.05, 4.69) is 0 Å². The molecule has 2 saturated heterocycles. The number of aliphatic hydroxyl groups is 9. The molecule has 10 N–H and O–H groups in total. The minimum Gasteiger partial charge on any atom is -0.502 e. The van der Waals surface area contributed by atoms with Crippen LogP contribution in [0.4, 0.5) is 0 Å². The van der Waals surface area contributed by atoms with E-state index in [0.29, 0.717) is 16.7 Å². The molecule has 0 saturated carbocycles. The summed E-state index contributed by atoms with van der Waals surface area (Å²) in [6, 6.07) is 4.74. The third-order valence-electron chi connectivity index (χ3n) is 10.1. The van der Waals surface area contributed by atoms with Crippen LogP contribution in [0.1, 0.15) is 22.6 Å². The van der Waals surface area contributed by atoms with Crippen LogP contribution in [0.15, 0.2) is 18.2 Å². The van der Waals surface area contributed by atoms with Crippen LogP contribution >= 0.6 is 0 Å². The number of hydrogen-bond donors (Lipinski definition) is 10. The lowest BCUT2D eigenvalue weighted by Gasteiger charge is -2.43. The number of ether oxygens (including phenoxy) is 8. The maximum atomic E-state index is 10.8. The van der Waals surface area contributed by atoms with Gasteiger partial charge in [-0.25, -0.2) is 0 Å². The van der Waals surface area contributed by atoms with Gasteiger partial charge >= 0.3 is 0 Å². The summed E-state index contributed by atoms with van der Waals surface area (Å²) in [5.41, 5.74) is 1.55. The van der Waals surface area contributed by atoms with Gasteiger partial charge in [0.05, 0.1) is 48.3 Å². The average molecular weight is 745 g/mol. The monoisotopic (exact) mass is 744 g/mol. The van der Waals surface area contributed by atoms with E-state index in [9.17, 15) is 51.1 Å². The quantitative estimate of drug-likeness (QED) is 0.100. The zero-order valence-corrected chi connectivity index (χ0v) is 29.0. The number of hydrogen-bond acceptors (Lipinski definition) is 18. The molecular weight excluding hydrogens is 696 g/mol. The predicted molar refractivity (Wildman–Crippen MR) is 174 cm³/mol. The van der Waals surface area contributed by atoms with Crippen molar-refractivity contribution in [1.29, 1.82) is 0 Å². The number of benzene rings is 2. The Morgan fingerprint density at radius 3 is 1.67 bits per heavy atom. The molecule has 0 aromatic heterocycles. The van der Waals surface area contributed by atoms with Crippen molar-refractivity contribution in [2.75, 3.05) is 54.9 Å². The SMILES string of the molecule is COc1cc([C@@H]2c3c(cc(OC)c(OC4O[C@H](CO)[C@@H](O)[C@H](O)[C@H]4O)c3OC)C[C@@H](CO)[C@@H]2COC2O[C@H](CO)[C@@H](O)[C@H](O)[C@H]2O)cc(OC)c1O. The summed E-state index contributed by atoms with van der Waals surface area (Å²) >= 11 is 0. The Morgan fingerprint density at radius 2 is 1.17 bits per heavy atom. The average Bonchev–Trinajstić information content (AvgIpc) is 3.16. The molecule has 18 nitrogen and oxygen atoms in total. The molecule has 5 rings (SSSR count). The molecule has 1 aliphatic carbocycles. The second-order valence-corrected chi connectivity index (χ2v) is 12.9. The van der Waals surface area contributed by atoms with Gasteiger partial charge in [-0.3, -0.25) is 0 Å². The Morgan fingerprint density at radius 1 is 0.635 bits per heavy atom. The first-order chi connectivity index (χ1) is 24.9. The van der Waals surface area contributed by atoms with Crippen molar-refractivity contribution >= 4 is 0 Å².